The van der Waals surface area contributed by atoms with Crippen LogP contribution in [0.15, 0.2) is 23.1 Å². The first-order valence-corrected chi connectivity index (χ1v) is 7.52. The second-order valence-electron chi connectivity index (χ2n) is 4.20. The molecule has 1 heterocycles. The summed E-state index contributed by atoms with van der Waals surface area (Å²) in [4.78, 5) is 3.92. The predicted molar refractivity (Wildman–Crippen MR) is 71.3 cm³/mol. The molecule has 108 valence electrons. The molecule has 0 bridgehead atoms. The minimum Gasteiger partial charge on any atom is -0.263 e. The van der Waals surface area contributed by atoms with E-state index >= 15 is 0 Å². The fourth-order valence-corrected chi connectivity index (χ4v) is 3.02. The highest BCUT2D eigenvalue weighted by Gasteiger charge is 2.21. The van der Waals surface area contributed by atoms with Gasteiger partial charge >= 0.3 is 0 Å². The van der Waals surface area contributed by atoms with Gasteiger partial charge in [0.2, 0.25) is 10.0 Å². The molecule has 20 heavy (non-hydrogen) atoms. The Morgan fingerprint density at radius 3 is 2.70 bits per heavy atom. The van der Waals surface area contributed by atoms with Crippen molar-refractivity contribution in [3.8, 4) is 0 Å². The van der Waals surface area contributed by atoms with Crippen molar-refractivity contribution < 1.29 is 12.8 Å². The number of aryl methyl sites for hydroxylation is 1. The van der Waals surface area contributed by atoms with E-state index in [0.29, 0.717) is 11.6 Å². The molecule has 0 saturated carbocycles. The van der Waals surface area contributed by atoms with Crippen LogP contribution in [-0.4, -0.2) is 23.6 Å². The van der Waals surface area contributed by atoms with Crippen LogP contribution >= 0.6 is 11.6 Å². The van der Waals surface area contributed by atoms with Crippen molar-refractivity contribution in [2.45, 2.75) is 24.8 Å². The van der Waals surface area contributed by atoms with Crippen LogP contribution in [0.1, 0.15) is 24.6 Å². The molecule has 2 N–H and O–H groups in total. The molecule has 1 aromatic carbocycles. The third-order valence-electron chi connectivity index (χ3n) is 2.54. The molecule has 0 spiro atoms. The topological polar surface area (TPSA) is 87.7 Å². The third kappa shape index (κ3) is 3.14. The van der Waals surface area contributed by atoms with E-state index in [1.807, 2.05) is 0 Å². The minimum absolute atomic E-state index is 0.122. The van der Waals surface area contributed by atoms with Crippen molar-refractivity contribution >= 4 is 21.6 Å². The van der Waals surface area contributed by atoms with E-state index in [-0.39, 0.29) is 9.92 Å². The van der Waals surface area contributed by atoms with E-state index in [1.54, 1.807) is 13.8 Å². The number of rotatable bonds is 4. The molecular formula is C11H12ClFN4O2S. The number of aromatic nitrogens is 3. The summed E-state index contributed by atoms with van der Waals surface area (Å²) in [5.41, 5.74) is 0. The van der Waals surface area contributed by atoms with Gasteiger partial charge in [-0.1, -0.05) is 11.6 Å². The van der Waals surface area contributed by atoms with Gasteiger partial charge < -0.3 is 0 Å². The fourth-order valence-electron chi connectivity index (χ4n) is 1.55. The van der Waals surface area contributed by atoms with E-state index in [9.17, 15) is 12.8 Å². The summed E-state index contributed by atoms with van der Waals surface area (Å²) in [6.45, 7) is 3.31. The average Bonchev–Trinajstić information content (AvgIpc) is 2.79. The van der Waals surface area contributed by atoms with Crippen LogP contribution in [0.4, 0.5) is 4.39 Å². The molecule has 0 unspecified atom stereocenters. The summed E-state index contributed by atoms with van der Waals surface area (Å²) in [5, 5.41) is 6.25. The van der Waals surface area contributed by atoms with Gasteiger partial charge in [-0.3, -0.25) is 5.10 Å². The van der Waals surface area contributed by atoms with Gasteiger partial charge in [0.25, 0.3) is 0 Å². The van der Waals surface area contributed by atoms with Gasteiger partial charge in [-0.15, -0.1) is 0 Å². The van der Waals surface area contributed by atoms with Gasteiger partial charge in [-0.2, -0.15) is 5.10 Å². The number of halogens is 2. The number of hydrogen-bond acceptors (Lipinski definition) is 4. The van der Waals surface area contributed by atoms with Crippen LogP contribution < -0.4 is 4.72 Å². The Kier molecular flexibility index (Phi) is 4.07. The van der Waals surface area contributed by atoms with Crippen LogP contribution in [0, 0.1) is 12.7 Å². The van der Waals surface area contributed by atoms with Crippen molar-refractivity contribution in [2.75, 3.05) is 0 Å². The lowest BCUT2D eigenvalue weighted by Crippen LogP contribution is -2.27. The molecule has 0 aliphatic rings. The van der Waals surface area contributed by atoms with Crippen LogP contribution in [0.2, 0.25) is 5.02 Å². The molecule has 1 atom stereocenters. The van der Waals surface area contributed by atoms with E-state index in [0.717, 1.165) is 18.2 Å². The number of aromatic amines is 1. The summed E-state index contributed by atoms with van der Waals surface area (Å²) in [6, 6.07) is 2.56. The Labute approximate surface area is 120 Å². The average molecular weight is 319 g/mol. The summed E-state index contributed by atoms with van der Waals surface area (Å²) >= 11 is 5.58. The van der Waals surface area contributed by atoms with Crippen LogP contribution in [0.3, 0.4) is 0 Å². The third-order valence-corrected chi connectivity index (χ3v) is 4.36. The van der Waals surface area contributed by atoms with Gasteiger partial charge in [0.1, 0.15) is 11.6 Å². The van der Waals surface area contributed by atoms with E-state index in [4.69, 9.17) is 11.6 Å². The molecule has 0 radical (unpaired) electrons. The van der Waals surface area contributed by atoms with Gasteiger partial charge in [-0.05, 0) is 32.0 Å². The minimum atomic E-state index is -3.83. The second-order valence-corrected chi connectivity index (χ2v) is 6.32. The largest absolute Gasteiger partial charge is 0.263 e. The van der Waals surface area contributed by atoms with Crippen molar-refractivity contribution in [1.82, 2.24) is 19.9 Å². The number of sulfonamides is 1. The number of nitrogens with one attached hydrogen (secondary N) is 2. The normalized spacial score (nSPS) is 13.4. The molecule has 0 aliphatic carbocycles. The lowest BCUT2D eigenvalue weighted by Gasteiger charge is -2.11. The molecule has 6 nitrogen and oxygen atoms in total. The standard InChI is InChI=1S/C11H12ClFN4O2S/c1-6(11-14-7(2)15-16-11)17-20(18,19)8-3-4-10(13)9(12)5-8/h3-6,17H,1-2H3,(H,14,15,16)/t6-/m0/s1. The highest BCUT2D eigenvalue weighted by molar-refractivity contribution is 7.89. The molecule has 2 rings (SSSR count). The van der Waals surface area contributed by atoms with Crippen molar-refractivity contribution in [3.63, 3.8) is 0 Å². The van der Waals surface area contributed by atoms with E-state index < -0.39 is 21.9 Å². The molecule has 2 aromatic rings. The van der Waals surface area contributed by atoms with Crippen LogP contribution in [0.5, 0.6) is 0 Å². The Hall–Kier alpha value is -1.51. The summed E-state index contributed by atoms with van der Waals surface area (Å²) < 4.78 is 39.7. The first-order valence-electron chi connectivity index (χ1n) is 5.66. The highest BCUT2D eigenvalue weighted by atomic mass is 35.5. The summed E-state index contributed by atoms with van der Waals surface area (Å²) in [6.07, 6.45) is 0. The molecular weight excluding hydrogens is 307 g/mol. The first-order chi connectivity index (χ1) is 9.29. The number of hydrogen-bond donors (Lipinski definition) is 2. The monoisotopic (exact) mass is 318 g/mol. The number of H-pyrrole nitrogens is 1. The fraction of sp³-hybridized carbons (Fsp3) is 0.273. The van der Waals surface area contributed by atoms with Gasteiger partial charge in [0, 0.05) is 0 Å². The van der Waals surface area contributed by atoms with E-state index in [1.165, 1.54) is 0 Å². The maximum absolute atomic E-state index is 13.0. The maximum atomic E-state index is 13.0. The molecule has 0 aliphatic heterocycles. The highest BCUT2D eigenvalue weighted by Crippen LogP contribution is 2.20. The first kappa shape index (κ1) is 14.9. The van der Waals surface area contributed by atoms with Crippen molar-refractivity contribution in [3.05, 3.63) is 40.7 Å². The molecule has 0 saturated heterocycles. The number of benzene rings is 1. The quantitative estimate of drug-likeness (QED) is 0.902. The Morgan fingerprint density at radius 1 is 1.45 bits per heavy atom. The zero-order chi connectivity index (χ0) is 14.9. The van der Waals surface area contributed by atoms with Gasteiger partial charge in [0.15, 0.2) is 5.82 Å². The SMILES string of the molecule is Cc1nc([C@H](C)NS(=O)(=O)c2ccc(F)c(Cl)c2)n[nH]1. The van der Waals surface area contributed by atoms with Crippen molar-refractivity contribution in [2.24, 2.45) is 0 Å². The zero-order valence-electron chi connectivity index (χ0n) is 10.7. The molecule has 0 fully saturated rings. The Morgan fingerprint density at radius 2 is 2.15 bits per heavy atom. The smallest absolute Gasteiger partial charge is 0.241 e. The van der Waals surface area contributed by atoms with Gasteiger partial charge in [-0.25, -0.2) is 22.5 Å². The van der Waals surface area contributed by atoms with Crippen LogP contribution in [0.25, 0.3) is 0 Å². The maximum Gasteiger partial charge on any atom is 0.241 e. The lowest BCUT2D eigenvalue weighted by molar-refractivity contribution is 0.559. The number of nitrogens with zero attached hydrogens (tertiary/aromatic N) is 2. The Bertz CT molecular complexity index is 732. The Balaban J connectivity index is 2.24. The van der Waals surface area contributed by atoms with E-state index in [2.05, 4.69) is 19.9 Å². The second kappa shape index (κ2) is 5.47. The summed E-state index contributed by atoms with van der Waals surface area (Å²) in [7, 11) is -3.83. The van der Waals surface area contributed by atoms with Gasteiger partial charge in [0.05, 0.1) is 16.0 Å². The van der Waals surface area contributed by atoms with Crippen LogP contribution in [-0.2, 0) is 10.0 Å². The molecule has 0 amide bonds. The van der Waals surface area contributed by atoms with Crippen molar-refractivity contribution in [1.29, 1.82) is 0 Å². The predicted octanol–water partition coefficient (Wildman–Crippen LogP) is 1.95. The molecule has 9 heteroatoms. The summed E-state index contributed by atoms with van der Waals surface area (Å²) in [5.74, 6) is 0.221. The zero-order valence-corrected chi connectivity index (χ0v) is 12.3. The lowest BCUT2D eigenvalue weighted by atomic mass is 10.3. The molecule has 1 aromatic heterocycles.